The molecule has 0 radical (unpaired) electrons. The average molecular weight is 212 g/mol. The number of nitrogens with zero attached hydrogens (tertiary/aromatic N) is 1. The van der Waals surface area contributed by atoms with Gasteiger partial charge in [0.05, 0.1) is 0 Å². The van der Waals surface area contributed by atoms with E-state index in [1.165, 1.54) is 25.8 Å². The highest BCUT2D eigenvalue weighted by Gasteiger charge is 2.33. The third-order valence-electron chi connectivity index (χ3n) is 3.98. The highest BCUT2D eigenvalue weighted by molar-refractivity contribution is 4.92. The van der Waals surface area contributed by atoms with Gasteiger partial charge in [0.15, 0.2) is 0 Å². The number of likely N-dealkylation sites (tertiary alicyclic amines) is 1. The summed E-state index contributed by atoms with van der Waals surface area (Å²) in [6.45, 7) is 6.31. The van der Waals surface area contributed by atoms with Crippen molar-refractivity contribution in [2.45, 2.75) is 50.6 Å². The lowest BCUT2D eigenvalue weighted by atomic mass is 9.90. The maximum absolute atomic E-state index is 6.43. The number of ether oxygens (including phenoxy) is 1. The predicted molar refractivity (Wildman–Crippen MR) is 61.9 cm³/mol. The largest absolute Gasteiger partial charge is 0.381 e. The molecular weight excluding hydrogens is 188 g/mol. The summed E-state index contributed by atoms with van der Waals surface area (Å²) in [6, 6.07) is 0.785. The molecule has 0 saturated carbocycles. The third kappa shape index (κ3) is 2.71. The summed E-state index contributed by atoms with van der Waals surface area (Å²) in [5.41, 5.74) is 6.46. The van der Waals surface area contributed by atoms with Crippen LogP contribution >= 0.6 is 0 Å². The fourth-order valence-corrected chi connectivity index (χ4v) is 2.91. The van der Waals surface area contributed by atoms with Gasteiger partial charge in [-0.1, -0.05) is 6.92 Å². The Morgan fingerprint density at radius 3 is 2.80 bits per heavy atom. The van der Waals surface area contributed by atoms with Crippen molar-refractivity contribution >= 4 is 0 Å². The van der Waals surface area contributed by atoms with Crippen LogP contribution in [-0.2, 0) is 4.74 Å². The Morgan fingerprint density at radius 2 is 2.13 bits per heavy atom. The van der Waals surface area contributed by atoms with Crippen LogP contribution in [-0.4, -0.2) is 42.8 Å². The van der Waals surface area contributed by atoms with Gasteiger partial charge in [0.25, 0.3) is 0 Å². The number of nitrogens with two attached hydrogens (primary N) is 1. The molecule has 0 bridgehead atoms. The minimum absolute atomic E-state index is 0.0238. The molecule has 2 rings (SSSR count). The lowest BCUT2D eigenvalue weighted by Gasteiger charge is -2.38. The van der Waals surface area contributed by atoms with Gasteiger partial charge in [0.2, 0.25) is 0 Å². The molecule has 2 heterocycles. The van der Waals surface area contributed by atoms with E-state index in [1.807, 2.05) is 0 Å². The number of hydrogen-bond donors (Lipinski definition) is 1. The van der Waals surface area contributed by atoms with Crippen molar-refractivity contribution in [3.05, 3.63) is 0 Å². The lowest BCUT2D eigenvalue weighted by Crippen LogP contribution is -2.54. The molecule has 88 valence electrons. The molecule has 1 atom stereocenters. The highest BCUT2D eigenvalue weighted by atomic mass is 16.5. The first-order valence-electron chi connectivity index (χ1n) is 6.34. The van der Waals surface area contributed by atoms with Gasteiger partial charge in [-0.15, -0.1) is 0 Å². The average Bonchev–Trinajstić information content (AvgIpc) is 2.65. The summed E-state index contributed by atoms with van der Waals surface area (Å²) in [6.07, 6.45) is 6.04. The normalized spacial score (nSPS) is 32.0. The quantitative estimate of drug-likeness (QED) is 0.768. The van der Waals surface area contributed by atoms with E-state index in [-0.39, 0.29) is 5.54 Å². The molecule has 0 aromatic heterocycles. The van der Waals surface area contributed by atoms with Crippen LogP contribution in [0, 0.1) is 0 Å². The summed E-state index contributed by atoms with van der Waals surface area (Å²) < 4.78 is 5.38. The van der Waals surface area contributed by atoms with Crippen LogP contribution in [0.25, 0.3) is 0 Å². The van der Waals surface area contributed by atoms with Crippen LogP contribution in [0.4, 0.5) is 0 Å². The molecule has 2 saturated heterocycles. The Balaban J connectivity index is 1.88. The molecule has 2 N–H and O–H groups in total. The Morgan fingerprint density at radius 1 is 1.40 bits per heavy atom. The first kappa shape index (κ1) is 11.4. The molecular formula is C12H24N2O. The van der Waals surface area contributed by atoms with Crippen LogP contribution in [0.3, 0.4) is 0 Å². The summed E-state index contributed by atoms with van der Waals surface area (Å²) in [7, 11) is 0. The molecule has 3 nitrogen and oxygen atoms in total. The Bertz CT molecular complexity index is 202. The standard InChI is InChI=1S/C12H24N2O/c1-2-11-4-3-7-14(11)10-12(13)5-8-15-9-6-12/h11H,2-10,13H2,1H3. The van der Waals surface area contributed by atoms with Gasteiger partial charge in [-0.25, -0.2) is 0 Å². The van der Waals surface area contributed by atoms with Crippen molar-refractivity contribution in [1.82, 2.24) is 4.90 Å². The Labute approximate surface area is 93.0 Å². The van der Waals surface area contributed by atoms with E-state index in [1.54, 1.807) is 0 Å². The summed E-state index contributed by atoms with van der Waals surface area (Å²) in [4.78, 5) is 2.60. The Kier molecular flexibility index (Phi) is 3.65. The molecule has 0 aliphatic carbocycles. The fourth-order valence-electron chi connectivity index (χ4n) is 2.91. The Hall–Kier alpha value is -0.120. The van der Waals surface area contributed by atoms with Crippen LogP contribution < -0.4 is 5.73 Å². The van der Waals surface area contributed by atoms with Crippen LogP contribution in [0.2, 0.25) is 0 Å². The van der Waals surface area contributed by atoms with Gasteiger partial charge < -0.3 is 10.5 Å². The zero-order chi connectivity index (χ0) is 10.7. The first-order chi connectivity index (χ1) is 7.23. The SMILES string of the molecule is CCC1CCCN1CC1(N)CCOCC1. The van der Waals surface area contributed by atoms with E-state index in [9.17, 15) is 0 Å². The van der Waals surface area contributed by atoms with Crippen molar-refractivity contribution in [2.24, 2.45) is 5.73 Å². The molecule has 0 spiro atoms. The molecule has 1 unspecified atom stereocenters. The summed E-state index contributed by atoms with van der Waals surface area (Å²) >= 11 is 0. The van der Waals surface area contributed by atoms with Crippen molar-refractivity contribution in [3.8, 4) is 0 Å². The van der Waals surface area contributed by atoms with Gasteiger partial charge in [-0.2, -0.15) is 0 Å². The third-order valence-corrected chi connectivity index (χ3v) is 3.98. The zero-order valence-corrected chi connectivity index (χ0v) is 9.87. The molecule has 3 heteroatoms. The van der Waals surface area contributed by atoms with Crippen LogP contribution in [0.15, 0.2) is 0 Å². The minimum atomic E-state index is 0.0238. The lowest BCUT2D eigenvalue weighted by molar-refractivity contribution is 0.0355. The number of rotatable bonds is 3. The molecule has 2 aliphatic rings. The van der Waals surface area contributed by atoms with Crippen molar-refractivity contribution < 1.29 is 4.74 Å². The van der Waals surface area contributed by atoms with Gasteiger partial charge in [0.1, 0.15) is 0 Å². The van der Waals surface area contributed by atoms with E-state index in [2.05, 4.69) is 11.8 Å². The van der Waals surface area contributed by atoms with Gasteiger partial charge in [-0.3, -0.25) is 4.90 Å². The molecule has 15 heavy (non-hydrogen) atoms. The second-order valence-electron chi connectivity index (χ2n) is 5.15. The molecule has 2 fully saturated rings. The van der Waals surface area contributed by atoms with Gasteiger partial charge in [0, 0.05) is 31.3 Å². The highest BCUT2D eigenvalue weighted by Crippen LogP contribution is 2.25. The van der Waals surface area contributed by atoms with Crippen molar-refractivity contribution in [3.63, 3.8) is 0 Å². The maximum atomic E-state index is 6.43. The van der Waals surface area contributed by atoms with E-state index in [0.29, 0.717) is 0 Å². The van der Waals surface area contributed by atoms with Gasteiger partial charge >= 0.3 is 0 Å². The predicted octanol–water partition coefficient (Wildman–Crippen LogP) is 1.37. The van der Waals surface area contributed by atoms with E-state index in [0.717, 1.165) is 38.6 Å². The molecule has 0 aromatic carbocycles. The monoisotopic (exact) mass is 212 g/mol. The molecule has 2 aliphatic heterocycles. The van der Waals surface area contributed by atoms with E-state index in [4.69, 9.17) is 10.5 Å². The second kappa shape index (κ2) is 4.81. The van der Waals surface area contributed by atoms with Crippen LogP contribution in [0.1, 0.15) is 39.0 Å². The van der Waals surface area contributed by atoms with Gasteiger partial charge in [-0.05, 0) is 38.6 Å². The van der Waals surface area contributed by atoms with Crippen LogP contribution in [0.5, 0.6) is 0 Å². The second-order valence-corrected chi connectivity index (χ2v) is 5.15. The van der Waals surface area contributed by atoms with Crippen molar-refractivity contribution in [1.29, 1.82) is 0 Å². The number of hydrogen-bond acceptors (Lipinski definition) is 3. The van der Waals surface area contributed by atoms with E-state index < -0.39 is 0 Å². The topological polar surface area (TPSA) is 38.5 Å². The minimum Gasteiger partial charge on any atom is -0.381 e. The summed E-state index contributed by atoms with van der Waals surface area (Å²) in [5.74, 6) is 0. The molecule has 0 amide bonds. The molecule has 0 aromatic rings. The summed E-state index contributed by atoms with van der Waals surface area (Å²) in [5, 5.41) is 0. The maximum Gasteiger partial charge on any atom is 0.0484 e. The first-order valence-corrected chi connectivity index (χ1v) is 6.34. The zero-order valence-electron chi connectivity index (χ0n) is 9.87. The van der Waals surface area contributed by atoms with Crippen molar-refractivity contribution in [2.75, 3.05) is 26.3 Å². The fraction of sp³-hybridized carbons (Fsp3) is 1.00. The smallest absolute Gasteiger partial charge is 0.0484 e. The van der Waals surface area contributed by atoms with E-state index >= 15 is 0 Å².